The van der Waals surface area contributed by atoms with E-state index in [0.29, 0.717) is 34.6 Å². The Morgan fingerprint density at radius 1 is 0.574 bits per heavy atom. The summed E-state index contributed by atoms with van der Waals surface area (Å²) in [6.07, 6.45) is 7.48. The summed E-state index contributed by atoms with van der Waals surface area (Å²) in [5.74, 6) is 2.08. The summed E-state index contributed by atoms with van der Waals surface area (Å²) in [7, 11) is 0. The molecule has 5 aromatic rings. The number of hydrogen-bond acceptors (Lipinski definition) is 9. The lowest BCUT2D eigenvalue weighted by atomic mass is 10.0. The van der Waals surface area contributed by atoms with E-state index in [4.69, 9.17) is 17.2 Å². The van der Waals surface area contributed by atoms with Crippen molar-refractivity contribution in [2.75, 3.05) is 17.2 Å². The third kappa shape index (κ3) is 8.01. The lowest BCUT2D eigenvalue weighted by Gasteiger charge is -2.14. The summed E-state index contributed by atoms with van der Waals surface area (Å²) in [6, 6.07) is 0.746. The summed E-state index contributed by atoms with van der Waals surface area (Å²) in [5.41, 5.74) is 21.6. The predicted octanol–water partition coefficient (Wildman–Crippen LogP) is 6.26. The van der Waals surface area contributed by atoms with Crippen LogP contribution >= 0.6 is 0 Å². The molecule has 0 aliphatic heterocycles. The number of nitrogens with two attached hydrogens (primary N) is 3. The monoisotopic (exact) mass is 647 g/mol. The topological polar surface area (TPSA) is 194 Å². The van der Waals surface area contributed by atoms with E-state index in [0.717, 1.165) is 22.2 Å². The zero-order valence-electron chi connectivity index (χ0n) is 30.0. The second-order valence-electron chi connectivity index (χ2n) is 13.6. The molecule has 5 heterocycles. The Balaban J connectivity index is 0.000000193. The molecule has 5 aromatic heterocycles. The van der Waals surface area contributed by atoms with Crippen LogP contribution in [0.3, 0.4) is 0 Å². The Labute approximate surface area is 276 Å². The number of nitrogen functional groups attached to an aromatic ring is 3. The molecule has 13 heteroatoms. The van der Waals surface area contributed by atoms with Crippen LogP contribution in [-0.4, -0.2) is 38.6 Å². The number of fused-ring (bicyclic) bond motifs is 2. The molecule has 0 saturated carbocycles. The second kappa shape index (κ2) is 14.8. The average Bonchev–Trinajstić information content (AvgIpc) is 3.54. The van der Waals surface area contributed by atoms with Gasteiger partial charge in [-0.1, -0.05) is 41.5 Å². The Kier molecular flexibility index (Phi) is 11.6. The van der Waals surface area contributed by atoms with Crippen molar-refractivity contribution in [2.45, 2.75) is 119 Å². The quantitative estimate of drug-likeness (QED) is 0.164. The van der Waals surface area contributed by atoms with E-state index >= 15 is 0 Å². The molecule has 5 rings (SSSR count). The Hall–Kier alpha value is -4.68. The lowest BCUT2D eigenvalue weighted by Crippen LogP contribution is -2.26. The van der Waals surface area contributed by atoms with Gasteiger partial charge in [0.1, 0.15) is 29.3 Å². The molecular formula is C34H53N11O2. The molecule has 47 heavy (non-hydrogen) atoms. The van der Waals surface area contributed by atoms with E-state index in [1.807, 2.05) is 38.5 Å². The standard InChI is InChI=1S/C12H18N4O.C12H18N4.C10H17N3O/c1-6(2)8-5-16(7(3)4)10-9(8)11(17)15-12(13)14-10;1-7(2)9-5-16(8(3)4)12-10(9)11(13)14-6-15-12;1-6(2)8-5-13(7(3)4)10(14)12-9(8)11/h5-7H,1-4H3,(H3,13,14,15,17);5-8H,1-4H3,(H2,13,14,15);5-7H,1-4H3,(H2,11,12,14). The molecule has 0 aromatic carbocycles. The van der Waals surface area contributed by atoms with Crippen molar-refractivity contribution in [3.05, 3.63) is 62.4 Å². The molecule has 0 saturated heterocycles. The molecule has 0 fully saturated rings. The molecule has 0 unspecified atom stereocenters. The maximum absolute atomic E-state index is 12.0. The molecule has 0 amide bonds. The molecule has 0 bridgehead atoms. The van der Waals surface area contributed by atoms with E-state index in [9.17, 15) is 9.59 Å². The van der Waals surface area contributed by atoms with Crippen molar-refractivity contribution in [1.29, 1.82) is 0 Å². The fourth-order valence-corrected chi connectivity index (χ4v) is 5.31. The molecule has 0 spiro atoms. The predicted molar refractivity (Wildman–Crippen MR) is 193 cm³/mol. The molecule has 13 nitrogen and oxygen atoms in total. The number of rotatable bonds is 6. The number of aromatic nitrogens is 8. The minimum absolute atomic E-state index is 0.119. The summed E-state index contributed by atoms with van der Waals surface area (Å²) in [4.78, 5) is 42.4. The van der Waals surface area contributed by atoms with Crippen LogP contribution in [0.1, 0.15) is 136 Å². The first kappa shape index (κ1) is 36.8. The van der Waals surface area contributed by atoms with Crippen molar-refractivity contribution in [2.24, 2.45) is 0 Å². The first-order valence-electron chi connectivity index (χ1n) is 16.3. The molecular weight excluding hydrogens is 594 g/mol. The zero-order valence-corrected chi connectivity index (χ0v) is 30.0. The number of nitrogens with one attached hydrogen (secondary N) is 1. The van der Waals surface area contributed by atoms with Gasteiger partial charge in [0.15, 0.2) is 0 Å². The minimum Gasteiger partial charge on any atom is -0.383 e. The number of H-pyrrole nitrogens is 1. The van der Waals surface area contributed by atoms with Crippen LogP contribution in [0.2, 0.25) is 0 Å². The van der Waals surface area contributed by atoms with E-state index in [-0.39, 0.29) is 41.1 Å². The zero-order chi connectivity index (χ0) is 35.5. The van der Waals surface area contributed by atoms with Gasteiger partial charge in [0.05, 0.1) is 10.8 Å². The molecule has 0 aliphatic carbocycles. The molecule has 256 valence electrons. The summed E-state index contributed by atoms with van der Waals surface area (Å²) < 4.78 is 5.75. The maximum atomic E-state index is 12.0. The number of hydrogen-bond donors (Lipinski definition) is 4. The van der Waals surface area contributed by atoms with Crippen LogP contribution in [0.15, 0.2) is 34.5 Å². The highest BCUT2D eigenvalue weighted by atomic mass is 16.1. The van der Waals surface area contributed by atoms with Crippen molar-refractivity contribution in [3.8, 4) is 0 Å². The van der Waals surface area contributed by atoms with Gasteiger partial charge in [0.2, 0.25) is 5.95 Å². The van der Waals surface area contributed by atoms with Gasteiger partial charge < -0.3 is 26.3 Å². The number of aromatic amines is 1. The first-order valence-corrected chi connectivity index (χ1v) is 16.3. The van der Waals surface area contributed by atoms with Gasteiger partial charge in [0, 0.05) is 42.3 Å². The van der Waals surface area contributed by atoms with Gasteiger partial charge >= 0.3 is 5.69 Å². The third-order valence-electron chi connectivity index (χ3n) is 7.94. The minimum atomic E-state index is -0.276. The normalized spacial score (nSPS) is 11.7. The van der Waals surface area contributed by atoms with Crippen LogP contribution < -0.4 is 28.5 Å². The smallest absolute Gasteiger partial charge is 0.349 e. The molecule has 7 N–H and O–H groups in total. The van der Waals surface area contributed by atoms with E-state index < -0.39 is 0 Å². The van der Waals surface area contributed by atoms with Gasteiger partial charge in [-0.05, 0) is 70.4 Å². The highest BCUT2D eigenvalue weighted by Gasteiger charge is 2.18. The largest absolute Gasteiger partial charge is 0.383 e. The fraction of sp³-hybridized carbons (Fsp3) is 0.529. The fourth-order valence-electron chi connectivity index (χ4n) is 5.31. The average molecular weight is 648 g/mol. The maximum Gasteiger partial charge on any atom is 0.349 e. The van der Waals surface area contributed by atoms with Crippen molar-refractivity contribution < 1.29 is 0 Å². The number of nitrogens with zero attached hydrogens (tertiary/aromatic N) is 7. The van der Waals surface area contributed by atoms with Crippen LogP contribution in [0.5, 0.6) is 0 Å². The van der Waals surface area contributed by atoms with Gasteiger partial charge in [-0.25, -0.2) is 14.8 Å². The third-order valence-corrected chi connectivity index (χ3v) is 7.94. The number of anilines is 3. The van der Waals surface area contributed by atoms with Crippen LogP contribution in [-0.2, 0) is 0 Å². The Bertz CT molecular complexity index is 1940. The Morgan fingerprint density at radius 2 is 1.04 bits per heavy atom. The SMILES string of the molecule is CC(C)c1cn(C(C)C)c(=O)nc1N.CC(C)c1cn(C(C)C)c2nc(N)[nH]c(=O)c12.CC(C)c1cn(C(C)C)c2ncnc(N)c12. The van der Waals surface area contributed by atoms with E-state index in [2.05, 4.69) is 91.1 Å². The van der Waals surface area contributed by atoms with Gasteiger partial charge in [-0.15, -0.1) is 0 Å². The van der Waals surface area contributed by atoms with Gasteiger partial charge in [-0.2, -0.15) is 9.97 Å². The molecule has 0 radical (unpaired) electrons. The van der Waals surface area contributed by atoms with E-state index in [1.54, 1.807) is 10.8 Å². The van der Waals surface area contributed by atoms with Crippen LogP contribution in [0.25, 0.3) is 22.1 Å². The van der Waals surface area contributed by atoms with Crippen LogP contribution in [0, 0.1) is 0 Å². The highest BCUT2D eigenvalue weighted by Crippen LogP contribution is 2.31. The van der Waals surface area contributed by atoms with Crippen molar-refractivity contribution in [3.63, 3.8) is 0 Å². The summed E-state index contributed by atoms with van der Waals surface area (Å²) in [6.45, 7) is 24.8. The Morgan fingerprint density at radius 3 is 1.53 bits per heavy atom. The summed E-state index contributed by atoms with van der Waals surface area (Å²) in [5, 5.41) is 1.66. The van der Waals surface area contributed by atoms with Crippen molar-refractivity contribution in [1.82, 2.24) is 38.6 Å². The van der Waals surface area contributed by atoms with Gasteiger partial charge in [-0.3, -0.25) is 14.3 Å². The summed E-state index contributed by atoms with van der Waals surface area (Å²) >= 11 is 0. The first-order chi connectivity index (χ1) is 21.9. The van der Waals surface area contributed by atoms with Gasteiger partial charge in [0.25, 0.3) is 5.56 Å². The van der Waals surface area contributed by atoms with E-state index in [1.165, 1.54) is 11.9 Å². The molecule has 0 atom stereocenters. The second-order valence-corrected chi connectivity index (χ2v) is 13.6. The molecule has 0 aliphatic rings. The lowest BCUT2D eigenvalue weighted by molar-refractivity contribution is 0.557. The van der Waals surface area contributed by atoms with Crippen molar-refractivity contribution >= 4 is 39.7 Å². The van der Waals surface area contributed by atoms with Crippen LogP contribution in [0.4, 0.5) is 17.6 Å². The highest BCUT2D eigenvalue weighted by molar-refractivity contribution is 5.90.